The fourth-order valence-electron chi connectivity index (χ4n) is 1.34. The fraction of sp³-hybridized carbons (Fsp3) is 0.462. The summed E-state index contributed by atoms with van der Waals surface area (Å²) >= 11 is 6.94. The number of benzene rings is 1. The summed E-state index contributed by atoms with van der Waals surface area (Å²) in [5.41, 5.74) is 1.02. The van der Waals surface area contributed by atoms with Crippen LogP contribution in [0.25, 0.3) is 0 Å². The maximum Gasteiger partial charge on any atom is 0.224 e. The summed E-state index contributed by atoms with van der Waals surface area (Å²) in [6.07, 6.45) is 0.428. The first kappa shape index (κ1) is 14.7. The van der Waals surface area contributed by atoms with Crippen LogP contribution in [0, 0.1) is 5.92 Å². The molecule has 0 aliphatic carbocycles. The quantitative estimate of drug-likeness (QED) is 0.797. The Morgan fingerprint density at radius 1 is 1.41 bits per heavy atom. The smallest absolute Gasteiger partial charge is 0.224 e. The number of carbonyl (C=O) groups is 1. The van der Waals surface area contributed by atoms with Crippen molar-refractivity contribution in [1.82, 2.24) is 5.32 Å². The molecule has 1 aromatic carbocycles. The van der Waals surface area contributed by atoms with Crippen LogP contribution in [0.2, 0.25) is 0 Å². The van der Waals surface area contributed by atoms with Gasteiger partial charge in [-0.3, -0.25) is 4.79 Å². The minimum atomic E-state index is 0.0631. The van der Waals surface area contributed by atoms with Crippen LogP contribution in [0.1, 0.15) is 19.4 Å². The molecule has 4 heteroatoms. The summed E-state index contributed by atoms with van der Waals surface area (Å²) in [7, 11) is 0. The van der Waals surface area contributed by atoms with Crippen LogP contribution in [-0.2, 0) is 11.2 Å². The van der Waals surface area contributed by atoms with Gasteiger partial charge in [0, 0.05) is 15.8 Å². The molecule has 0 spiro atoms. The van der Waals surface area contributed by atoms with E-state index >= 15 is 0 Å². The van der Waals surface area contributed by atoms with Crippen LogP contribution < -0.4 is 5.32 Å². The molecular formula is C13H17Br2NO. The Morgan fingerprint density at radius 2 is 2.12 bits per heavy atom. The molecule has 1 amide bonds. The molecule has 0 fully saturated rings. The van der Waals surface area contributed by atoms with E-state index in [1.165, 1.54) is 0 Å². The lowest BCUT2D eigenvalue weighted by molar-refractivity contribution is -0.120. The Morgan fingerprint density at radius 3 is 2.71 bits per heavy atom. The molecule has 0 aliphatic heterocycles. The monoisotopic (exact) mass is 361 g/mol. The summed E-state index contributed by atoms with van der Waals surface area (Å²) in [6.45, 7) is 4.92. The van der Waals surface area contributed by atoms with Crippen molar-refractivity contribution in [1.29, 1.82) is 0 Å². The Labute approximate surface area is 119 Å². The third-order valence-electron chi connectivity index (χ3n) is 2.47. The van der Waals surface area contributed by atoms with Crippen molar-refractivity contribution in [3.8, 4) is 0 Å². The summed E-state index contributed by atoms with van der Waals surface area (Å²) in [4.78, 5) is 12.0. The first-order valence-electron chi connectivity index (χ1n) is 5.64. The molecule has 1 atom stereocenters. The minimum Gasteiger partial charge on any atom is -0.355 e. The molecule has 0 bridgehead atoms. The van der Waals surface area contributed by atoms with Crippen LogP contribution in [0.3, 0.4) is 0 Å². The number of amides is 1. The molecule has 0 aromatic heterocycles. The lowest BCUT2D eigenvalue weighted by Crippen LogP contribution is -2.32. The molecule has 1 N–H and O–H groups in total. The summed E-state index contributed by atoms with van der Waals surface area (Å²) in [5.74, 6) is 0.578. The van der Waals surface area contributed by atoms with Crippen molar-refractivity contribution >= 4 is 37.8 Å². The SMILES string of the molecule is CC(C)C(Br)CNC(=O)Cc1cccc(Br)c1. The van der Waals surface area contributed by atoms with Gasteiger partial charge in [-0.05, 0) is 23.6 Å². The van der Waals surface area contributed by atoms with Gasteiger partial charge in [0.25, 0.3) is 0 Å². The topological polar surface area (TPSA) is 29.1 Å². The highest BCUT2D eigenvalue weighted by Crippen LogP contribution is 2.13. The molecular weight excluding hydrogens is 346 g/mol. The third-order valence-corrected chi connectivity index (χ3v) is 4.35. The third kappa shape index (κ3) is 5.68. The standard InChI is InChI=1S/C13H17Br2NO/c1-9(2)12(15)8-16-13(17)7-10-4-3-5-11(14)6-10/h3-6,9,12H,7-8H2,1-2H3,(H,16,17). The molecule has 1 unspecified atom stereocenters. The average Bonchev–Trinajstić information content (AvgIpc) is 2.25. The van der Waals surface area contributed by atoms with Gasteiger partial charge in [-0.15, -0.1) is 0 Å². The predicted octanol–water partition coefficient (Wildman–Crippen LogP) is 3.53. The van der Waals surface area contributed by atoms with Gasteiger partial charge in [0.1, 0.15) is 0 Å². The first-order chi connectivity index (χ1) is 7.99. The second-order valence-corrected chi connectivity index (χ2v) is 6.46. The van der Waals surface area contributed by atoms with E-state index in [-0.39, 0.29) is 5.91 Å². The second-order valence-electron chi connectivity index (χ2n) is 4.37. The highest BCUT2D eigenvalue weighted by atomic mass is 79.9. The number of rotatable bonds is 5. The van der Waals surface area contributed by atoms with E-state index in [0.29, 0.717) is 23.7 Å². The van der Waals surface area contributed by atoms with E-state index in [9.17, 15) is 4.79 Å². The van der Waals surface area contributed by atoms with Crippen molar-refractivity contribution in [2.75, 3.05) is 6.54 Å². The van der Waals surface area contributed by atoms with E-state index in [1.807, 2.05) is 24.3 Å². The van der Waals surface area contributed by atoms with Crippen molar-refractivity contribution < 1.29 is 4.79 Å². The van der Waals surface area contributed by atoms with Crippen molar-refractivity contribution in [3.63, 3.8) is 0 Å². The summed E-state index contributed by atoms with van der Waals surface area (Å²) in [6, 6.07) is 7.81. The Kier molecular flexibility index (Phi) is 6.20. The first-order valence-corrected chi connectivity index (χ1v) is 7.35. The number of nitrogens with one attached hydrogen (secondary N) is 1. The molecule has 2 nitrogen and oxygen atoms in total. The fourth-order valence-corrected chi connectivity index (χ4v) is 1.95. The molecule has 0 aliphatic rings. The highest BCUT2D eigenvalue weighted by molar-refractivity contribution is 9.10. The lowest BCUT2D eigenvalue weighted by atomic mass is 10.1. The number of hydrogen-bond donors (Lipinski definition) is 1. The maximum atomic E-state index is 11.7. The van der Waals surface area contributed by atoms with Gasteiger partial charge in [-0.1, -0.05) is 57.8 Å². The molecule has 94 valence electrons. The molecule has 1 rings (SSSR count). The van der Waals surface area contributed by atoms with Gasteiger partial charge < -0.3 is 5.32 Å². The van der Waals surface area contributed by atoms with Crippen LogP contribution in [-0.4, -0.2) is 17.3 Å². The van der Waals surface area contributed by atoms with Crippen molar-refractivity contribution in [3.05, 3.63) is 34.3 Å². The summed E-state index contributed by atoms with van der Waals surface area (Å²) in [5, 5.41) is 2.93. The van der Waals surface area contributed by atoms with Crippen molar-refractivity contribution in [2.24, 2.45) is 5.92 Å². The second kappa shape index (κ2) is 7.17. The van der Waals surface area contributed by atoms with Gasteiger partial charge in [-0.2, -0.15) is 0 Å². The Hall–Kier alpha value is -0.350. The van der Waals surface area contributed by atoms with Crippen LogP contribution in [0.15, 0.2) is 28.7 Å². The largest absolute Gasteiger partial charge is 0.355 e. The molecule has 0 heterocycles. The van der Waals surface area contributed by atoms with E-state index in [0.717, 1.165) is 10.0 Å². The Bertz CT molecular complexity index is 379. The molecule has 0 saturated carbocycles. The zero-order chi connectivity index (χ0) is 12.8. The molecule has 17 heavy (non-hydrogen) atoms. The lowest BCUT2D eigenvalue weighted by Gasteiger charge is -2.14. The average molecular weight is 363 g/mol. The Balaban J connectivity index is 2.40. The van der Waals surface area contributed by atoms with E-state index in [4.69, 9.17) is 0 Å². The molecule has 1 aromatic rings. The van der Waals surface area contributed by atoms with E-state index in [2.05, 4.69) is 51.0 Å². The highest BCUT2D eigenvalue weighted by Gasteiger charge is 2.10. The maximum absolute atomic E-state index is 11.7. The number of halogens is 2. The van der Waals surface area contributed by atoms with Gasteiger partial charge in [0.05, 0.1) is 6.42 Å². The molecule has 0 saturated heterocycles. The normalized spacial score (nSPS) is 12.5. The van der Waals surface area contributed by atoms with Crippen LogP contribution in [0.5, 0.6) is 0 Å². The number of alkyl halides is 1. The zero-order valence-corrected chi connectivity index (χ0v) is 13.2. The predicted molar refractivity (Wildman–Crippen MR) is 78.4 cm³/mol. The number of carbonyl (C=O) groups excluding carboxylic acids is 1. The zero-order valence-electron chi connectivity index (χ0n) is 10.0. The van der Waals surface area contributed by atoms with Gasteiger partial charge >= 0.3 is 0 Å². The molecule has 0 radical (unpaired) electrons. The van der Waals surface area contributed by atoms with Gasteiger partial charge in [0.15, 0.2) is 0 Å². The van der Waals surface area contributed by atoms with Crippen LogP contribution in [0.4, 0.5) is 0 Å². The van der Waals surface area contributed by atoms with Gasteiger partial charge in [0.2, 0.25) is 5.91 Å². The van der Waals surface area contributed by atoms with E-state index in [1.54, 1.807) is 0 Å². The number of hydrogen-bond acceptors (Lipinski definition) is 1. The van der Waals surface area contributed by atoms with Crippen molar-refractivity contribution in [2.45, 2.75) is 25.1 Å². The summed E-state index contributed by atoms with van der Waals surface area (Å²) < 4.78 is 1.00. The van der Waals surface area contributed by atoms with Gasteiger partial charge in [-0.25, -0.2) is 0 Å². The minimum absolute atomic E-state index is 0.0631. The van der Waals surface area contributed by atoms with E-state index < -0.39 is 0 Å². The van der Waals surface area contributed by atoms with Crippen LogP contribution >= 0.6 is 31.9 Å².